The molecule has 2 heterocycles. The van der Waals surface area contributed by atoms with Gasteiger partial charge in [-0.25, -0.2) is 4.79 Å². The van der Waals surface area contributed by atoms with E-state index in [1.165, 1.54) is 23.1 Å². The fourth-order valence-corrected chi connectivity index (χ4v) is 4.57. The smallest absolute Gasteiger partial charge is 0.348 e. The third-order valence-corrected chi connectivity index (χ3v) is 6.49. The zero-order chi connectivity index (χ0) is 30.2. The van der Waals surface area contributed by atoms with Gasteiger partial charge in [0.2, 0.25) is 0 Å². The van der Waals surface area contributed by atoms with Gasteiger partial charge in [0, 0.05) is 36.9 Å². The van der Waals surface area contributed by atoms with Crippen LogP contribution < -0.4 is 10.6 Å². The van der Waals surface area contributed by atoms with Crippen molar-refractivity contribution in [2.75, 3.05) is 6.54 Å². The van der Waals surface area contributed by atoms with Crippen molar-refractivity contribution >= 4 is 11.9 Å². The lowest BCUT2D eigenvalue weighted by molar-refractivity contribution is -0.141. The molecule has 0 bridgehead atoms. The van der Waals surface area contributed by atoms with E-state index in [2.05, 4.69) is 15.6 Å². The Morgan fingerprint density at radius 1 is 0.927 bits per heavy atom. The highest BCUT2D eigenvalue weighted by Crippen LogP contribution is 2.36. The van der Waals surface area contributed by atoms with E-state index in [-0.39, 0.29) is 31.2 Å². The molecule has 4 rings (SSSR count). The average molecular weight is 579 g/mol. The molecule has 0 unspecified atom stereocenters. The van der Waals surface area contributed by atoms with Crippen molar-refractivity contribution in [1.82, 2.24) is 20.5 Å². The van der Waals surface area contributed by atoms with Crippen molar-refractivity contribution in [2.45, 2.75) is 58.2 Å². The molecule has 0 atom stereocenters. The van der Waals surface area contributed by atoms with Crippen LogP contribution in [-0.2, 0) is 31.9 Å². The van der Waals surface area contributed by atoms with Crippen molar-refractivity contribution in [3.63, 3.8) is 0 Å². The number of carbonyl (C=O) groups is 2. The first-order chi connectivity index (χ1) is 19.0. The molecule has 0 aliphatic carbocycles. The second-order valence-corrected chi connectivity index (χ2v) is 10.8. The Kier molecular flexibility index (Phi) is 8.06. The summed E-state index contributed by atoms with van der Waals surface area (Å²) < 4.78 is 78.7. The van der Waals surface area contributed by atoms with E-state index in [1.807, 2.05) is 20.8 Å². The molecule has 2 aromatic carbocycles. The molecule has 0 fully saturated rings. The summed E-state index contributed by atoms with van der Waals surface area (Å²) in [6.07, 6.45) is -7.81. The number of aromatic nitrogens is 1. The minimum Gasteiger partial charge on any atom is -0.348 e. The number of nitrogens with one attached hydrogen (secondary N) is 2. The Labute approximate surface area is 232 Å². The summed E-state index contributed by atoms with van der Waals surface area (Å²) >= 11 is 0. The van der Waals surface area contributed by atoms with Crippen LogP contribution in [0.25, 0.3) is 11.1 Å². The number of carbonyl (C=O) groups excluding carboxylic acids is 2. The van der Waals surface area contributed by atoms with E-state index in [9.17, 15) is 35.9 Å². The van der Waals surface area contributed by atoms with Gasteiger partial charge in [-0.3, -0.25) is 9.78 Å². The summed E-state index contributed by atoms with van der Waals surface area (Å²) in [7, 11) is 0. The number of hydrogen-bond acceptors (Lipinski definition) is 3. The van der Waals surface area contributed by atoms with Crippen LogP contribution in [0.3, 0.4) is 0 Å². The van der Waals surface area contributed by atoms with Crippen LogP contribution in [0.4, 0.5) is 31.1 Å². The van der Waals surface area contributed by atoms with E-state index >= 15 is 0 Å². The van der Waals surface area contributed by atoms with Gasteiger partial charge in [-0.1, -0.05) is 24.3 Å². The van der Waals surface area contributed by atoms with Crippen LogP contribution in [-0.4, -0.2) is 33.9 Å². The fraction of sp³-hybridized carbons (Fsp3) is 0.345. The minimum absolute atomic E-state index is 0.0363. The second kappa shape index (κ2) is 11.1. The molecule has 3 aromatic rings. The highest BCUT2D eigenvalue weighted by molar-refractivity contribution is 5.97. The third kappa shape index (κ3) is 7.17. The maximum Gasteiger partial charge on any atom is 0.433 e. The van der Waals surface area contributed by atoms with Gasteiger partial charge in [0.15, 0.2) is 0 Å². The standard InChI is InChI=1S/C29H28F6N4O2/c1-27(2,3)38-26(41)39-12-11-21-20(18-5-4-6-19(13-18)28(30,31)32)8-9-22(23(21)16-39)25(40)37-15-17-7-10-24(36-14-17)29(33,34)35/h4-10,13-14H,11-12,15-16H2,1-3H3,(H,37,40)(H,38,41). The molecule has 3 amide bonds. The average Bonchev–Trinajstić information content (AvgIpc) is 2.89. The van der Waals surface area contributed by atoms with Gasteiger partial charge < -0.3 is 15.5 Å². The topological polar surface area (TPSA) is 74.3 Å². The zero-order valence-corrected chi connectivity index (χ0v) is 22.5. The quantitative estimate of drug-likeness (QED) is 0.344. The molecule has 0 radical (unpaired) electrons. The highest BCUT2D eigenvalue weighted by atomic mass is 19.4. The van der Waals surface area contributed by atoms with Crippen LogP contribution in [0.2, 0.25) is 0 Å². The van der Waals surface area contributed by atoms with E-state index in [0.29, 0.717) is 34.2 Å². The van der Waals surface area contributed by atoms with E-state index < -0.39 is 35.1 Å². The lowest BCUT2D eigenvalue weighted by Gasteiger charge is -2.34. The second-order valence-electron chi connectivity index (χ2n) is 10.8. The molecular formula is C29H28F6N4O2. The van der Waals surface area contributed by atoms with E-state index in [4.69, 9.17) is 0 Å². The van der Waals surface area contributed by atoms with Gasteiger partial charge in [0.05, 0.1) is 5.56 Å². The van der Waals surface area contributed by atoms with Crippen molar-refractivity contribution in [3.05, 3.63) is 88.2 Å². The van der Waals surface area contributed by atoms with Crippen LogP contribution in [0.5, 0.6) is 0 Å². The maximum absolute atomic E-state index is 13.4. The molecular weight excluding hydrogens is 550 g/mol. The number of pyridine rings is 1. The summed E-state index contributed by atoms with van der Waals surface area (Å²) in [4.78, 5) is 31.1. The van der Waals surface area contributed by atoms with Gasteiger partial charge >= 0.3 is 18.4 Å². The predicted octanol–water partition coefficient (Wildman–Crippen LogP) is 6.58. The number of fused-ring (bicyclic) bond motifs is 1. The molecule has 1 aromatic heterocycles. The Morgan fingerprint density at radius 2 is 1.66 bits per heavy atom. The summed E-state index contributed by atoms with van der Waals surface area (Å²) in [6.45, 7) is 5.68. The summed E-state index contributed by atoms with van der Waals surface area (Å²) in [6, 6.07) is 9.64. The number of urea groups is 1. The third-order valence-electron chi connectivity index (χ3n) is 6.49. The Balaban J connectivity index is 1.67. The molecule has 0 saturated heterocycles. The highest BCUT2D eigenvalue weighted by Gasteiger charge is 2.33. The van der Waals surface area contributed by atoms with Crippen molar-refractivity contribution in [3.8, 4) is 11.1 Å². The molecule has 41 heavy (non-hydrogen) atoms. The molecule has 1 aliphatic rings. The Hall–Kier alpha value is -4.09. The molecule has 0 saturated carbocycles. The number of halogens is 6. The predicted molar refractivity (Wildman–Crippen MR) is 140 cm³/mol. The first-order valence-corrected chi connectivity index (χ1v) is 12.7. The summed E-state index contributed by atoms with van der Waals surface area (Å²) in [5.41, 5.74) is 0.143. The largest absolute Gasteiger partial charge is 0.433 e. The van der Waals surface area contributed by atoms with E-state index in [0.717, 1.165) is 24.4 Å². The normalized spacial score (nSPS) is 13.9. The number of hydrogen-bond donors (Lipinski definition) is 2. The van der Waals surface area contributed by atoms with Crippen molar-refractivity contribution < 1.29 is 35.9 Å². The molecule has 1 aliphatic heterocycles. The number of nitrogens with zero attached hydrogens (tertiary/aromatic N) is 2. The number of alkyl halides is 6. The lowest BCUT2D eigenvalue weighted by atomic mass is 9.87. The van der Waals surface area contributed by atoms with Gasteiger partial charge in [-0.05, 0) is 79.3 Å². The van der Waals surface area contributed by atoms with Crippen LogP contribution in [0, 0.1) is 0 Å². The van der Waals surface area contributed by atoms with Crippen LogP contribution in [0.15, 0.2) is 54.7 Å². The van der Waals surface area contributed by atoms with Gasteiger partial charge in [-0.15, -0.1) is 0 Å². The molecule has 2 N–H and O–H groups in total. The monoisotopic (exact) mass is 578 g/mol. The number of amides is 3. The van der Waals surface area contributed by atoms with Crippen molar-refractivity contribution in [2.24, 2.45) is 0 Å². The Bertz CT molecular complexity index is 1440. The molecule has 6 nitrogen and oxygen atoms in total. The Morgan fingerprint density at radius 3 is 2.27 bits per heavy atom. The van der Waals surface area contributed by atoms with Gasteiger partial charge in [0.25, 0.3) is 5.91 Å². The number of rotatable bonds is 4. The van der Waals surface area contributed by atoms with Gasteiger partial charge in [-0.2, -0.15) is 26.3 Å². The molecule has 0 spiro atoms. The van der Waals surface area contributed by atoms with Gasteiger partial charge in [0.1, 0.15) is 5.69 Å². The first kappa shape index (κ1) is 29.9. The summed E-state index contributed by atoms with van der Waals surface area (Å²) in [5.74, 6) is -0.546. The lowest BCUT2D eigenvalue weighted by Crippen LogP contribution is -2.50. The number of benzene rings is 2. The molecule has 218 valence electrons. The first-order valence-electron chi connectivity index (χ1n) is 12.7. The summed E-state index contributed by atoms with van der Waals surface area (Å²) in [5, 5.41) is 5.54. The molecule has 12 heteroatoms. The zero-order valence-electron chi connectivity index (χ0n) is 22.5. The van der Waals surface area contributed by atoms with Crippen LogP contribution >= 0.6 is 0 Å². The SMILES string of the molecule is CC(C)(C)NC(=O)N1CCc2c(-c3cccc(C(F)(F)F)c3)ccc(C(=O)NCc3ccc(C(F)(F)F)nc3)c2C1. The van der Waals surface area contributed by atoms with E-state index in [1.54, 1.807) is 12.1 Å². The van der Waals surface area contributed by atoms with Crippen LogP contribution in [0.1, 0.15) is 59.1 Å². The fourth-order valence-electron chi connectivity index (χ4n) is 4.57. The minimum atomic E-state index is -4.59. The maximum atomic E-state index is 13.4. The van der Waals surface area contributed by atoms with Crippen molar-refractivity contribution in [1.29, 1.82) is 0 Å².